The molecular formula is C21H32N2O3. The quantitative estimate of drug-likeness (QED) is 0.867. The Labute approximate surface area is 156 Å². The fourth-order valence-corrected chi connectivity index (χ4v) is 4.71. The van der Waals surface area contributed by atoms with Crippen LogP contribution in [-0.4, -0.2) is 73.1 Å². The van der Waals surface area contributed by atoms with Gasteiger partial charge in [0.15, 0.2) is 0 Å². The summed E-state index contributed by atoms with van der Waals surface area (Å²) in [5.74, 6) is 1.97. The molecule has 2 unspecified atom stereocenters. The van der Waals surface area contributed by atoms with Crippen molar-refractivity contribution >= 4 is 0 Å². The van der Waals surface area contributed by atoms with Gasteiger partial charge in [-0.15, -0.1) is 0 Å². The zero-order valence-electron chi connectivity index (χ0n) is 16.1. The van der Waals surface area contributed by atoms with Crippen molar-refractivity contribution in [3.8, 4) is 5.75 Å². The van der Waals surface area contributed by atoms with E-state index in [1.165, 1.54) is 11.1 Å². The maximum atomic E-state index is 9.85. The second-order valence-electron chi connectivity index (χ2n) is 8.79. The smallest absolute Gasteiger partial charge is 0.123 e. The van der Waals surface area contributed by atoms with E-state index in [2.05, 4.69) is 41.8 Å². The average Bonchev–Trinajstić information content (AvgIpc) is 3.13. The fourth-order valence-electron chi connectivity index (χ4n) is 4.71. The second-order valence-corrected chi connectivity index (χ2v) is 8.79. The molecule has 2 atom stereocenters. The molecule has 2 fully saturated rings. The highest BCUT2D eigenvalue weighted by atomic mass is 16.5. The van der Waals surface area contributed by atoms with Crippen molar-refractivity contribution in [3.63, 3.8) is 0 Å². The lowest BCUT2D eigenvalue weighted by molar-refractivity contribution is 0.0264. The molecule has 5 heteroatoms. The van der Waals surface area contributed by atoms with E-state index in [9.17, 15) is 5.11 Å². The lowest BCUT2D eigenvalue weighted by Crippen LogP contribution is -2.41. The number of benzene rings is 1. The number of fused-ring (bicyclic) bond motifs is 1. The van der Waals surface area contributed by atoms with E-state index in [4.69, 9.17) is 9.47 Å². The first-order chi connectivity index (χ1) is 12.5. The number of likely N-dealkylation sites (tertiary alicyclic amines) is 1. The number of hydrogen-bond donors (Lipinski definition) is 1. The van der Waals surface area contributed by atoms with Crippen LogP contribution in [0.2, 0.25) is 0 Å². The van der Waals surface area contributed by atoms with Crippen LogP contribution in [0.1, 0.15) is 25.0 Å². The molecule has 0 aliphatic carbocycles. The molecule has 1 aromatic carbocycles. The highest BCUT2D eigenvalue weighted by molar-refractivity contribution is 5.41. The number of nitrogens with zero attached hydrogens (tertiary/aromatic N) is 2. The molecule has 4 rings (SSSR count). The Kier molecular flexibility index (Phi) is 5.24. The monoisotopic (exact) mass is 360 g/mol. The molecule has 3 aliphatic heterocycles. The summed E-state index contributed by atoms with van der Waals surface area (Å²) < 4.78 is 11.4. The van der Waals surface area contributed by atoms with Gasteiger partial charge in [0, 0.05) is 52.3 Å². The van der Waals surface area contributed by atoms with Crippen molar-refractivity contribution in [3.05, 3.63) is 29.3 Å². The summed E-state index contributed by atoms with van der Waals surface area (Å²) in [6.07, 6.45) is 0.981. The molecule has 0 radical (unpaired) electrons. The van der Waals surface area contributed by atoms with Gasteiger partial charge >= 0.3 is 0 Å². The normalized spacial score (nSPS) is 28.9. The summed E-state index contributed by atoms with van der Waals surface area (Å²) in [7, 11) is 0. The third-order valence-corrected chi connectivity index (χ3v) is 6.02. The van der Waals surface area contributed by atoms with Crippen LogP contribution in [0.15, 0.2) is 18.2 Å². The molecular weight excluding hydrogens is 328 g/mol. The van der Waals surface area contributed by atoms with Crippen LogP contribution in [0.4, 0.5) is 0 Å². The Morgan fingerprint density at radius 3 is 2.65 bits per heavy atom. The van der Waals surface area contributed by atoms with Gasteiger partial charge in [0.2, 0.25) is 0 Å². The lowest BCUT2D eigenvalue weighted by Gasteiger charge is -2.30. The van der Waals surface area contributed by atoms with Gasteiger partial charge in [-0.3, -0.25) is 9.80 Å². The van der Waals surface area contributed by atoms with E-state index in [-0.39, 0.29) is 12.2 Å². The summed E-state index contributed by atoms with van der Waals surface area (Å²) in [6, 6.07) is 6.64. The van der Waals surface area contributed by atoms with E-state index in [0.717, 1.165) is 64.7 Å². The zero-order valence-corrected chi connectivity index (χ0v) is 16.1. The topological polar surface area (TPSA) is 45.2 Å². The van der Waals surface area contributed by atoms with E-state index in [1.807, 2.05) is 0 Å². The van der Waals surface area contributed by atoms with Crippen LogP contribution in [0.3, 0.4) is 0 Å². The van der Waals surface area contributed by atoms with Crippen LogP contribution < -0.4 is 4.74 Å². The Morgan fingerprint density at radius 2 is 1.88 bits per heavy atom. The molecule has 3 aliphatic rings. The van der Waals surface area contributed by atoms with Crippen LogP contribution in [0, 0.1) is 11.8 Å². The van der Waals surface area contributed by atoms with E-state index >= 15 is 0 Å². The second kappa shape index (κ2) is 7.47. The van der Waals surface area contributed by atoms with E-state index in [1.54, 1.807) is 0 Å². The highest BCUT2D eigenvalue weighted by Crippen LogP contribution is 2.36. The minimum absolute atomic E-state index is 0.0835. The minimum atomic E-state index is -0.0835. The molecule has 1 N–H and O–H groups in total. The maximum Gasteiger partial charge on any atom is 0.123 e. The summed E-state index contributed by atoms with van der Waals surface area (Å²) in [6.45, 7) is 12.4. The average molecular weight is 360 g/mol. The SMILES string of the molecule is CC1(C)Cc2cc(CN3CC(CO)C(CN4CCOCC4)C3)ccc2O1. The minimum Gasteiger partial charge on any atom is -0.487 e. The number of hydrogen-bond acceptors (Lipinski definition) is 5. The fraction of sp³-hybridized carbons (Fsp3) is 0.714. The Bertz CT molecular complexity index is 628. The van der Waals surface area contributed by atoms with Crippen molar-refractivity contribution in [2.45, 2.75) is 32.4 Å². The predicted octanol–water partition coefficient (Wildman–Crippen LogP) is 1.77. The van der Waals surface area contributed by atoms with Crippen molar-refractivity contribution < 1.29 is 14.6 Å². The lowest BCUT2D eigenvalue weighted by atomic mass is 9.96. The number of aliphatic hydroxyl groups excluding tert-OH is 1. The predicted molar refractivity (Wildman–Crippen MR) is 101 cm³/mol. The molecule has 0 saturated carbocycles. The molecule has 5 nitrogen and oxygen atoms in total. The van der Waals surface area contributed by atoms with Gasteiger partial charge in [0.25, 0.3) is 0 Å². The molecule has 0 spiro atoms. The highest BCUT2D eigenvalue weighted by Gasteiger charge is 2.34. The first-order valence-corrected chi connectivity index (χ1v) is 9.96. The summed E-state index contributed by atoms with van der Waals surface area (Å²) in [5, 5.41) is 9.85. The van der Waals surface area contributed by atoms with Crippen LogP contribution >= 0.6 is 0 Å². The number of ether oxygens (including phenoxy) is 2. The van der Waals surface area contributed by atoms with Crippen molar-refractivity contribution in [2.75, 3.05) is 52.5 Å². The molecule has 0 bridgehead atoms. The Balaban J connectivity index is 1.37. The van der Waals surface area contributed by atoms with Gasteiger partial charge in [0.05, 0.1) is 13.2 Å². The summed E-state index contributed by atoms with van der Waals surface area (Å²) in [4.78, 5) is 5.00. The van der Waals surface area contributed by atoms with Gasteiger partial charge < -0.3 is 14.6 Å². The van der Waals surface area contributed by atoms with E-state index in [0.29, 0.717) is 11.8 Å². The van der Waals surface area contributed by atoms with Gasteiger partial charge in [-0.1, -0.05) is 12.1 Å². The third-order valence-electron chi connectivity index (χ3n) is 6.02. The van der Waals surface area contributed by atoms with Gasteiger partial charge in [0.1, 0.15) is 11.4 Å². The molecule has 26 heavy (non-hydrogen) atoms. The third kappa shape index (κ3) is 4.06. The molecule has 0 aromatic heterocycles. The van der Waals surface area contributed by atoms with Gasteiger partial charge in [-0.25, -0.2) is 0 Å². The largest absolute Gasteiger partial charge is 0.487 e. The van der Waals surface area contributed by atoms with Gasteiger partial charge in [-0.2, -0.15) is 0 Å². The van der Waals surface area contributed by atoms with Gasteiger partial charge in [-0.05, 0) is 42.9 Å². The summed E-state index contributed by atoms with van der Waals surface area (Å²) >= 11 is 0. The Morgan fingerprint density at radius 1 is 1.12 bits per heavy atom. The maximum absolute atomic E-state index is 9.85. The van der Waals surface area contributed by atoms with Crippen molar-refractivity contribution in [1.82, 2.24) is 9.80 Å². The van der Waals surface area contributed by atoms with Crippen LogP contribution in [-0.2, 0) is 17.7 Å². The van der Waals surface area contributed by atoms with E-state index < -0.39 is 0 Å². The standard InChI is InChI=1S/C21H32N2O3/c1-21(2)10-17-9-16(3-4-20(17)26-21)11-23-13-18(19(14-23)15-24)12-22-5-7-25-8-6-22/h3-4,9,18-19,24H,5-8,10-15H2,1-2H3. The molecule has 0 amide bonds. The van der Waals surface area contributed by atoms with Crippen molar-refractivity contribution in [1.29, 1.82) is 0 Å². The number of morpholine rings is 1. The summed E-state index contributed by atoms with van der Waals surface area (Å²) in [5.41, 5.74) is 2.60. The van der Waals surface area contributed by atoms with Crippen molar-refractivity contribution in [2.24, 2.45) is 11.8 Å². The Hall–Kier alpha value is -1.14. The molecule has 1 aromatic rings. The number of rotatable bonds is 5. The first kappa shape index (κ1) is 18.2. The molecule has 144 valence electrons. The first-order valence-electron chi connectivity index (χ1n) is 9.96. The zero-order chi connectivity index (χ0) is 18.1. The molecule has 3 heterocycles. The van der Waals surface area contributed by atoms with Crippen LogP contribution in [0.5, 0.6) is 5.75 Å². The molecule has 2 saturated heterocycles. The number of aliphatic hydroxyl groups is 1. The van der Waals surface area contributed by atoms with Crippen LogP contribution in [0.25, 0.3) is 0 Å².